The van der Waals surface area contributed by atoms with Crippen LogP contribution in [0.1, 0.15) is 54.3 Å². The van der Waals surface area contributed by atoms with Gasteiger partial charge in [0.15, 0.2) is 0 Å². The number of amides is 1. The second-order valence-electron chi connectivity index (χ2n) is 7.62. The lowest BCUT2D eigenvalue weighted by Gasteiger charge is -2.29. The SMILES string of the molecule is O=C(N[C@H](CN1CCCC1)c1ccccc1)[C@H]1CCCc2ccccc21. The van der Waals surface area contributed by atoms with Gasteiger partial charge in [0.1, 0.15) is 0 Å². The first-order valence-electron chi connectivity index (χ1n) is 9.97. The van der Waals surface area contributed by atoms with Crippen molar-refractivity contribution in [3.63, 3.8) is 0 Å². The van der Waals surface area contributed by atoms with E-state index >= 15 is 0 Å². The highest BCUT2D eigenvalue weighted by molar-refractivity contribution is 5.84. The summed E-state index contributed by atoms with van der Waals surface area (Å²) in [6.45, 7) is 3.20. The van der Waals surface area contributed by atoms with Crippen LogP contribution in [0.2, 0.25) is 0 Å². The molecule has 0 aromatic heterocycles. The molecule has 1 aliphatic heterocycles. The van der Waals surface area contributed by atoms with Crippen molar-refractivity contribution in [1.29, 1.82) is 0 Å². The fraction of sp³-hybridized carbons (Fsp3) is 0.435. The molecule has 1 N–H and O–H groups in total. The molecule has 2 aromatic carbocycles. The minimum Gasteiger partial charge on any atom is -0.347 e. The third-order valence-corrected chi connectivity index (χ3v) is 5.84. The van der Waals surface area contributed by atoms with E-state index in [0.717, 1.165) is 38.9 Å². The minimum absolute atomic E-state index is 0.00950. The molecule has 2 atom stereocenters. The highest BCUT2D eigenvalue weighted by Crippen LogP contribution is 2.32. The molecule has 3 nitrogen and oxygen atoms in total. The molecule has 0 radical (unpaired) electrons. The van der Waals surface area contributed by atoms with Gasteiger partial charge in [-0.1, -0.05) is 54.6 Å². The summed E-state index contributed by atoms with van der Waals surface area (Å²) < 4.78 is 0. The quantitative estimate of drug-likeness (QED) is 0.884. The van der Waals surface area contributed by atoms with Crippen molar-refractivity contribution < 1.29 is 4.79 Å². The Hall–Kier alpha value is -2.13. The zero-order valence-electron chi connectivity index (χ0n) is 15.4. The predicted molar refractivity (Wildman–Crippen MR) is 105 cm³/mol. The highest BCUT2D eigenvalue weighted by Gasteiger charge is 2.29. The van der Waals surface area contributed by atoms with E-state index in [1.54, 1.807) is 0 Å². The second kappa shape index (κ2) is 8.05. The molecule has 0 unspecified atom stereocenters. The van der Waals surface area contributed by atoms with Gasteiger partial charge >= 0.3 is 0 Å². The summed E-state index contributed by atoms with van der Waals surface area (Å²) in [6.07, 6.45) is 5.68. The van der Waals surface area contributed by atoms with Crippen molar-refractivity contribution in [1.82, 2.24) is 10.2 Å². The minimum atomic E-state index is -0.00950. The molecule has 1 fully saturated rings. The topological polar surface area (TPSA) is 32.3 Å². The van der Waals surface area contributed by atoms with E-state index in [-0.39, 0.29) is 17.9 Å². The van der Waals surface area contributed by atoms with Gasteiger partial charge in [-0.2, -0.15) is 0 Å². The molecule has 26 heavy (non-hydrogen) atoms. The van der Waals surface area contributed by atoms with Gasteiger partial charge in [-0.25, -0.2) is 0 Å². The molecule has 0 bridgehead atoms. The third kappa shape index (κ3) is 3.83. The van der Waals surface area contributed by atoms with Gasteiger partial charge in [-0.3, -0.25) is 4.79 Å². The van der Waals surface area contributed by atoms with Gasteiger partial charge in [-0.05, 0) is 61.9 Å². The van der Waals surface area contributed by atoms with Crippen LogP contribution < -0.4 is 5.32 Å². The Balaban J connectivity index is 1.53. The lowest BCUT2D eigenvalue weighted by atomic mass is 9.82. The molecular weight excluding hydrogens is 320 g/mol. The van der Waals surface area contributed by atoms with Gasteiger partial charge in [0, 0.05) is 6.54 Å². The molecule has 2 aliphatic rings. The molecule has 4 rings (SSSR count). The number of rotatable bonds is 5. The fourth-order valence-electron chi connectivity index (χ4n) is 4.44. The van der Waals surface area contributed by atoms with E-state index in [0.29, 0.717) is 0 Å². The van der Waals surface area contributed by atoms with E-state index in [1.807, 2.05) is 6.07 Å². The number of hydrogen-bond donors (Lipinski definition) is 1. The maximum absolute atomic E-state index is 13.2. The van der Waals surface area contributed by atoms with Crippen molar-refractivity contribution in [2.75, 3.05) is 19.6 Å². The highest BCUT2D eigenvalue weighted by atomic mass is 16.2. The Kier molecular flexibility index (Phi) is 5.35. The van der Waals surface area contributed by atoms with Crippen LogP contribution in [-0.2, 0) is 11.2 Å². The van der Waals surface area contributed by atoms with Crippen LogP contribution in [-0.4, -0.2) is 30.4 Å². The zero-order valence-corrected chi connectivity index (χ0v) is 15.4. The van der Waals surface area contributed by atoms with Crippen LogP contribution in [0.15, 0.2) is 54.6 Å². The first kappa shape index (κ1) is 17.3. The predicted octanol–water partition coefficient (Wildman–Crippen LogP) is 4.06. The summed E-state index contributed by atoms with van der Waals surface area (Å²) in [7, 11) is 0. The molecular formula is C23H28N2O. The van der Waals surface area contributed by atoms with Crippen molar-refractivity contribution in [2.24, 2.45) is 0 Å². The Morgan fingerprint density at radius 1 is 1.00 bits per heavy atom. The van der Waals surface area contributed by atoms with Crippen LogP contribution in [0.25, 0.3) is 0 Å². The molecule has 1 aliphatic carbocycles. The fourth-order valence-corrected chi connectivity index (χ4v) is 4.44. The molecule has 2 aromatic rings. The van der Waals surface area contributed by atoms with Crippen molar-refractivity contribution >= 4 is 5.91 Å². The van der Waals surface area contributed by atoms with E-state index in [4.69, 9.17) is 0 Å². The normalized spacial score (nSPS) is 21.2. The average Bonchev–Trinajstić information content (AvgIpc) is 3.21. The standard InChI is InChI=1S/C23H28N2O/c26-23(21-14-8-12-18-9-4-5-13-20(18)21)24-22(17-25-15-6-7-16-25)19-10-2-1-3-11-19/h1-5,9-11,13,21-22H,6-8,12,14-17H2,(H,24,26)/t21-,22+/m0/s1. The number of fused-ring (bicyclic) bond motifs is 1. The summed E-state index contributed by atoms with van der Waals surface area (Å²) in [5.41, 5.74) is 3.77. The lowest BCUT2D eigenvalue weighted by molar-refractivity contribution is -0.123. The maximum Gasteiger partial charge on any atom is 0.228 e. The number of carbonyl (C=O) groups excluding carboxylic acids is 1. The molecule has 1 amide bonds. The maximum atomic E-state index is 13.2. The van der Waals surface area contributed by atoms with Gasteiger partial charge in [0.2, 0.25) is 5.91 Å². The van der Waals surface area contributed by atoms with Crippen LogP contribution in [0.5, 0.6) is 0 Å². The monoisotopic (exact) mass is 348 g/mol. The molecule has 0 spiro atoms. The Morgan fingerprint density at radius 2 is 1.73 bits per heavy atom. The third-order valence-electron chi connectivity index (χ3n) is 5.84. The summed E-state index contributed by atoms with van der Waals surface area (Å²) >= 11 is 0. The smallest absolute Gasteiger partial charge is 0.228 e. The molecule has 136 valence electrons. The van der Waals surface area contributed by atoms with Crippen molar-refractivity contribution in [3.8, 4) is 0 Å². The molecule has 3 heteroatoms. The second-order valence-corrected chi connectivity index (χ2v) is 7.62. The largest absolute Gasteiger partial charge is 0.347 e. The van der Waals surface area contributed by atoms with Gasteiger partial charge in [-0.15, -0.1) is 0 Å². The van der Waals surface area contributed by atoms with Crippen molar-refractivity contribution in [2.45, 2.75) is 44.1 Å². The van der Waals surface area contributed by atoms with E-state index < -0.39 is 0 Å². The number of nitrogens with zero attached hydrogens (tertiary/aromatic N) is 1. The number of benzene rings is 2. The van der Waals surface area contributed by atoms with Crippen LogP contribution in [0.3, 0.4) is 0 Å². The first-order valence-corrected chi connectivity index (χ1v) is 9.97. The summed E-state index contributed by atoms with van der Waals surface area (Å²) in [6, 6.07) is 19.0. The number of likely N-dealkylation sites (tertiary alicyclic amines) is 1. The van der Waals surface area contributed by atoms with Gasteiger partial charge in [0.05, 0.1) is 12.0 Å². The van der Waals surface area contributed by atoms with E-state index in [2.05, 4.69) is 58.7 Å². The van der Waals surface area contributed by atoms with Crippen LogP contribution in [0.4, 0.5) is 0 Å². The number of hydrogen-bond acceptors (Lipinski definition) is 2. The number of nitrogens with one attached hydrogen (secondary N) is 1. The van der Waals surface area contributed by atoms with E-state index in [9.17, 15) is 4.79 Å². The summed E-state index contributed by atoms with van der Waals surface area (Å²) in [5.74, 6) is 0.176. The van der Waals surface area contributed by atoms with Crippen LogP contribution in [0, 0.1) is 0 Å². The number of aryl methyl sites for hydroxylation is 1. The number of carbonyl (C=O) groups is 1. The van der Waals surface area contributed by atoms with E-state index in [1.165, 1.54) is 29.5 Å². The van der Waals surface area contributed by atoms with Gasteiger partial charge < -0.3 is 10.2 Å². The zero-order chi connectivity index (χ0) is 17.8. The van der Waals surface area contributed by atoms with Crippen LogP contribution >= 0.6 is 0 Å². The summed E-state index contributed by atoms with van der Waals surface area (Å²) in [4.78, 5) is 15.7. The first-order chi connectivity index (χ1) is 12.8. The lowest BCUT2D eigenvalue weighted by Crippen LogP contribution is -2.39. The molecule has 1 heterocycles. The Labute approximate surface area is 156 Å². The van der Waals surface area contributed by atoms with Gasteiger partial charge in [0.25, 0.3) is 0 Å². The molecule has 0 saturated carbocycles. The van der Waals surface area contributed by atoms with Crippen molar-refractivity contribution in [3.05, 3.63) is 71.3 Å². The molecule has 1 saturated heterocycles. The Morgan fingerprint density at radius 3 is 2.54 bits per heavy atom. The summed E-state index contributed by atoms with van der Waals surface area (Å²) in [5, 5.41) is 3.39. The average molecular weight is 348 g/mol. The Bertz CT molecular complexity index is 737.